The van der Waals surface area contributed by atoms with E-state index in [1.54, 1.807) is 4.68 Å². The van der Waals surface area contributed by atoms with Crippen LogP contribution in [0.1, 0.15) is 22.7 Å². The molecule has 0 spiro atoms. The standard InChI is InChI=1S/C29H28ClN7O/c1-21-6-5-9-25(18-21)34-14-16-35(17-15-34)28(38)20-36-26(22-7-3-2-4-8-22)19-27(37-29(36)31-32-33-37)23-10-12-24(30)13-11-23/h2-13,18-19,27H,14-17,20H2,1H3/t27-/m0/s1. The van der Waals surface area contributed by atoms with Gasteiger partial charge in [-0.25, -0.2) is 0 Å². The van der Waals surface area contributed by atoms with Crippen LogP contribution < -0.4 is 9.80 Å². The van der Waals surface area contributed by atoms with Gasteiger partial charge in [-0.15, -0.1) is 0 Å². The first-order chi connectivity index (χ1) is 18.6. The summed E-state index contributed by atoms with van der Waals surface area (Å²) in [6, 6.07) is 26.0. The number of rotatable bonds is 5. The van der Waals surface area contributed by atoms with E-state index in [-0.39, 0.29) is 18.5 Å². The van der Waals surface area contributed by atoms with Crippen LogP contribution in [0.4, 0.5) is 11.6 Å². The summed E-state index contributed by atoms with van der Waals surface area (Å²) >= 11 is 6.14. The van der Waals surface area contributed by atoms with Crippen molar-refractivity contribution in [2.75, 3.05) is 42.5 Å². The van der Waals surface area contributed by atoms with Crippen LogP contribution in [-0.4, -0.2) is 63.7 Å². The van der Waals surface area contributed by atoms with Gasteiger partial charge in [-0.2, -0.15) is 4.68 Å². The molecular weight excluding hydrogens is 498 g/mol. The lowest BCUT2D eigenvalue weighted by Crippen LogP contribution is -2.51. The average molecular weight is 526 g/mol. The van der Waals surface area contributed by atoms with Gasteiger partial charge in [-0.3, -0.25) is 9.69 Å². The number of halogens is 1. The number of allylic oxidation sites excluding steroid dienone is 1. The van der Waals surface area contributed by atoms with Crippen molar-refractivity contribution in [2.45, 2.75) is 13.0 Å². The van der Waals surface area contributed by atoms with E-state index >= 15 is 0 Å². The van der Waals surface area contributed by atoms with Crippen LogP contribution in [-0.2, 0) is 4.79 Å². The Morgan fingerprint density at radius 3 is 2.45 bits per heavy atom. The van der Waals surface area contributed by atoms with Crippen LogP contribution in [0.3, 0.4) is 0 Å². The number of carbonyl (C=O) groups excluding carboxylic acids is 1. The zero-order valence-corrected chi connectivity index (χ0v) is 21.9. The lowest BCUT2D eigenvalue weighted by Gasteiger charge is -2.38. The van der Waals surface area contributed by atoms with E-state index in [2.05, 4.69) is 57.7 Å². The molecule has 0 aliphatic carbocycles. The summed E-state index contributed by atoms with van der Waals surface area (Å²) in [7, 11) is 0. The summed E-state index contributed by atoms with van der Waals surface area (Å²) < 4.78 is 1.76. The second kappa shape index (κ2) is 10.3. The zero-order chi connectivity index (χ0) is 26.1. The molecule has 9 heteroatoms. The summed E-state index contributed by atoms with van der Waals surface area (Å²) in [5.41, 5.74) is 5.35. The molecule has 1 amide bonds. The van der Waals surface area contributed by atoms with Crippen molar-refractivity contribution < 1.29 is 4.79 Å². The molecule has 3 aromatic carbocycles. The first-order valence-corrected chi connectivity index (χ1v) is 13.1. The molecule has 1 aromatic heterocycles. The first-order valence-electron chi connectivity index (χ1n) is 12.7. The monoisotopic (exact) mass is 525 g/mol. The second-order valence-electron chi connectivity index (χ2n) is 9.63. The summed E-state index contributed by atoms with van der Waals surface area (Å²) in [6.07, 6.45) is 2.12. The summed E-state index contributed by atoms with van der Waals surface area (Å²) in [6.45, 7) is 5.19. The Hall–Kier alpha value is -4.17. The highest BCUT2D eigenvalue weighted by Gasteiger charge is 2.33. The quantitative estimate of drug-likeness (QED) is 0.384. The van der Waals surface area contributed by atoms with Crippen LogP contribution >= 0.6 is 11.6 Å². The minimum atomic E-state index is -0.225. The van der Waals surface area contributed by atoms with Crippen LogP contribution in [0.15, 0.2) is 84.9 Å². The molecule has 8 nitrogen and oxygen atoms in total. The Balaban J connectivity index is 1.26. The summed E-state index contributed by atoms with van der Waals surface area (Å²) in [4.78, 5) is 19.8. The van der Waals surface area contributed by atoms with Gasteiger partial charge in [0.25, 0.3) is 5.95 Å². The van der Waals surface area contributed by atoms with Crippen molar-refractivity contribution >= 4 is 34.8 Å². The fourth-order valence-electron chi connectivity index (χ4n) is 5.15. The Bertz CT molecular complexity index is 1460. The number of amides is 1. The van der Waals surface area contributed by atoms with E-state index in [1.807, 2.05) is 64.4 Å². The fourth-order valence-corrected chi connectivity index (χ4v) is 5.28. The van der Waals surface area contributed by atoms with Gasteiger partial charge < -0.3 is 9.80 Å². The predicted molar refractivity (Wildman–Crippen MR) is 149 cm³/mol. The van der Waals surface area contributed by atoms with E-state index < -0.39 is 0 Å². The predicted octanol–water partition coefficient (Wildman–Crippen LogP) is 4.43. The Kier molecular flexibility index (Phi) is 6.55. The molecular formula is C29H28ClN7O. The van der Waals surface area contributed by atoms with Gasteiger partial charge in [0.2, 0.25) is 5.91 Å². The maximum Gasteiger partial charge on any atom is 0.251 e. The maximum absolute atomic E-state index is 13.6. The molecule has 38 heavy (non-hydrogen) atoms. The highest BCUT2D eigenvalue weighted by atomic mass is 35.5. The largest absolute Gasteiger partial charge is 0.368 e. The molecule has 1 atom stereocenters. The molecule has 4 aromatic rings. The third-order valence-corrected chi connectivity index (χ3v) is 7.41. The molecule has 1 saturated heterocycles. The van der Waals surface area contributed by atoms with E-state index in [4.69, 9.17) is 11.6 Å². The van der Waals surface area contributed by atoms with Gasteiger partial charge in [0, 0.05) is 36.9 Å². The molecule has 192 valence electrons. The molecule has 6 rings (SSSR count). The minimum absolute atomic E-state index is 0.0511. The highest BCUT2D eigenvalue weighted by Crippen LogP contribution is 2.36. The molecule has 0 bridgehead atoms. The number of aromatic nitrogens is 4. The number of fused-ring (bicyclic) bond motifs is 1. The fraction of sp³-hybridized carbons (Fsp3) is 0.241. The number of nitrogens with zero attached hydrogens (tertiary/aromatic N) is 7. The number of hydrogen-bond donors (Lipinski definition) is 0. The van der Waals surface area contributed by atoms with E-state index in [9.17, 15) is 4.79 Å². The molecule has 3 heterocycles. The Morgan fingerprint density at radius 1 is 0.947 bits per heavy atom. The Morgan fingerprint density at radius 2 is 1.71 bits per heavy atom. The third-order valence-electron chi connectivity index (χ3n) is 7.16. The van der Waals surface area contributed by atoms with Gasteiger partial charge in [-0.1, -0.05) is 71.3 Å². The lowest BCUT2D eigenvalue weighted by molar-refractivity contribution is -0.129. The number of piperazine rings is 1. The zero-order valence-electron chi connectivity index (χ0n) is 21.1. The van der Waals surface area contributed by atoms with Gasteiger partial charge >= 0.3 is 0 Å². The summed E-state index contributed by atoms with van der Waals surface area (Å²) in [5, 5.41) is 13.3. The molecule has 1 fully saturated rings. The first kappa shape index (κ1) is 24.2. The molecule has 0 unspecified atom stereocenters. The summed E-state index contributed by atoms with van der Waals surface area (Å²) in [5.74, 6) is 0.591. The van der Waals surface area contributed by atoms with Crippen molar-refractivity contribution in [3.8, 4) is 0 Å². The van der Waals surface area contributed by atoms with Crippen LogP contribution in [0.25, 0.3) is 5.70 Å². The van der Waals surface area contributed by atoms with Crippen molar-refractivity contribution in [1.29, 1.82) is 0 Å². The van der Waals surface area contributed by atoms with Crippen LogP contribution in [0.2, 0.25) is 5.02 Å². The number of tetrazole rings is 1. The number of benzene rings is 3. The van der Waals surface area contributed by atoms with Gasteiger partial charge in [0.05, 0.1) is 5.70 Å². The van der Waals surface area contributed by atoms with Crippen LogP contribution in [0.5, 0.6) is 0 Å². The molecule has 2 aliphatic heterocycles. The number of carbonyl (C=O) groups is 1. The van der Waals surface area contributed by atoms with Crippen molar-refractivity contribution in [2.24, 2.45) is 0 Å². The lowest BCUT2D eigenvalue weighted by atomic mass is 10.0. The second-order valence-corrected chi connectivity index (χ2v) is 10.1. The molecule has 0 saturated carbocycles. The number of anilines is 2. The van der Waals surface area contributed by atoms with Gasteiger partial charge in [0.15, 0.2) is 0 Å². The van der Waals surface area contributed by atoms with E-state index in [0.717, 1.165) is 29.9 Å². The number of aryl methyl sites for hydroxylation is 1. The topological polar surface area (TPSA) is 70.4 Å². The minimum Gasteiger partial charge on any atom is -0.368 e. The third kappa shape index (κ3) is 4.75. The molecule has 0 N–H and O–H groups in total. The molecule has 0 radical (unpaired) electrons. The van der Waals surface area contributed by atoms with Crippen LogP contribution in [0, 0.1) is 6.92 Å². The normalized spacial score (nSPS) is 17.3. The number of hydrogen-bond acceptors (Lipinski definition) is 6. The SMILES string of the molecule is Cc1cccc(N2CCN(C(=O)CN3C(c4ccccc4)=C[C@@H](c4ccc(Cl)cc4)n4nnnc43)CC2)c1. The maximum atomic E-state index is 13.6. The molecule has 2 aliphatic rings. The highest BCUT2D eigenvalue weighted by molar-refractivity contribution is 6.30. The average Bonchev–Trinajstić information content (AvgIpc) is 3.45. The Labute approximate surface area is 226 Å². The van der Waals surface area contributed by atoms with E-state index in [1.165, 1.54) is 11.3 Å². The van der Waals surface area contributed by atoms with Crippen molar-refractivity contribution in [3.05, 3.63) is 107 Å². The van der Waals surface area contributed by atoms with E-state index in [0.29, 0.717) is 24.1 Å². The van der Waals surface area contributed by atoms with Crippen molar-refractivity contribution in [1.82, 2.24) is 25.1 Å². The smallest absolute Gasteiger partial charge is 0.251 e. The van der Waals surface area contributed by atoms with Crippen molar-refractivity contribution in [3.63, 3.8) is 0 Å². The van der Waals surface area contributed by atoms with Gasteiger partial charge in [0.1, 0.15) is 12.6 Å². The van der Waals surface area contributed by atoms with Gasteiger partial charge in [-0.05, 0) is 64.4 Å².